The predicted octanol–water partition coefficient (Wildman–Crippen LogP) is 5.83. The average Bonchev–Trinajstić information content (AvgIpc) is 3.12. The highest BCUT2D eigenvalue weighted by Gasteiger charge is 2.11. The van der Waals surface area contributed by atoms with Crippen molar-refractivity contribution < 1.29 is 9.53 Å². The minimum Gasteiger partial charge on any atom is -0.488 e. The fourth-order valence-electron chi connectivity index (χ4n) is 3.15. The molecule has 0 radical (unpaired) electrons. The van der Waals surface area contributed by atoms with Crippen molar-refractivity contribution in [3.05, 3.63) is 112 Å². The number of carbonyl (C=O) groups excluding carboxylic acids is 1. The molecule has 1 amide bonds. The van der Waals surface area contributed by atoms with Gasteiger partial charge in [0.05, 0.1) is 11.0 Å². The summed E-state index contributed by atoms with van der Waals surface area (Å²) in [6, 6.07) is 27.1. The van der Waals surface area contributed by atoms with Gasteiger partial charge < -0.3 is 10.1 Å². The molecule has 31 heavy (non-hydrogen) atoms. The molecule has 0 saturated heterocycles. The number of carbonyl (C=O) groups is 1. The molecular weight excluding hydrogens is 454 g/mol. The number of ether oxygens (including phenoxy) is 1. The third-order valence-electron chi connectivity index (χ3n) is 4.85. The monoisotopic (exact) mass is 475 g/mol. The summed E-state index contributed by atoms with van der Waals surface area (Å²) < 4.78 is 8.62. The number of aryl methyl sites for hydroxylation is 1. The van der Waals surface area contributed by atoms with Crippen LogP contribution in [0, 0.1) is 6.92 Å². The summed E-state index contributed by atoms with van der Waals surface area (Å²) in [5.74, 6) is 1.13. The minimum atomic E-state index is -0.192. The summed E-state index contributed by atoms with van der Waals surface area (Å²) in [5, 5.41) is 7.40. The summed E-state index contributed by atoms with van der Waals surface area (Å²) in [6.45, 7) is 3.06. The van der Waals surface area contributed by atoms with Gasteiger partial charge in [-0.1, -0.05) is 54.6 Å². The standard InChI is InChI=1S/C25H22BrN3O2/c1-18-15-24(28-29(18)16-19-7-3-2-4-8-19)27-25(30)21-13-11-20(12-14-21)17-31-23-10-6-5-9-22(23)26/h2-15H,16-17H2,1H3,(H,27,28,30). The van der Waals surface area contributed by atoms with Crippen LogP contribution in [-0.4, -0.2) is 15.7 Å². The molecule has 0 saturated carbocycles. The van der Waals surface area contributed by atoms with Gasteiger partial charge in [0.2, 0.25) is 0 Å². The lowest BCUT2D eigenvalue weighted by Gasteiger charge is -2.08. The van der Waals surface area contributed by atoms with Gasteiger partial charge in [0.25, 0.3) is 5.91 Å². The molecule has 0 aliphatic rings. The summed E-state index contributed by atoms with van der Waals surface area (Å²) in [4.78, 5) is 12.6. The van der Waals surface area contributed by atoms with E-state index in [1.807, 2.05) is 72.3 Å². The Balaban J connectivity index is 1.36. The third-order valence-corrected chi connectivity index (χ3v) is 5.50. The number of hydrogen-bond donors (Lipinski definition) is 1. The van der Waals surface area contributed by atoms with E-state index in [0.29, 0.717) is 24.5 Å². The Morgan fingerprint density at radius 1 is 0.968 bits per heavy atom. The van der Waals surface area contributed by atoms with Crippen LogP contribution in [0.1, 0.15) is 27.2 Å². The molecule has 0 aliphatic heterocycles. The van der Waals surface area contributed by atoms with Crippen LogP contribution in [0.25, 0.3) is 0 Å². The normalized spacial score (nSPS) is 10.6. The summed E-state index contributed by atoms with van der Waals surface area (Å²) >= 11 is 3.47. The molecule has 0 spiro atoms. The number of hydrogen-bond acceptors (Lipinski definition) is 3. The first-order chi connectivity index (χ1) is 15.1. The lowest BCUT2D eigenvalue weighted by Crippen LogP contribution is -2.13. The van der Waals surface area contributed by atoms with Crippen LogP contribution in [0.5, 0.6) is 5.75 Å². The Labute approximate surface area is 189 Å². The van der Waals surface area contributed by atoms with E-state index in [1.165, 1.54) is 0 Å². The predicted molar refractivity (Wildman–Crippen MR) is 125 cm³/mol. The number of nitrogens with zero attached hydrogens (tertiary/aromatic N) is 2. The van der Waals surface area contributed by atoms with Crippen molar-refractivity contribution in [3.8, 4) is 5.75 Å². The van der Waals surface area contributed by atoms with Crippen molar-refractivity contribution in [2.24, 2.45) is 0 Å². The minimum absolute atomic E-state index is 0.192. The van der Waals surface area contributed by atoms with E-state index in [-0.39, 0.29) is 5.91 Å². The van der Waals surface area contributed by atoms with E-state index in [4.69, 9.17) is 4.74 Å². The van der Waals surface area contributed by atoms with Crippen molar-refractivity contribution in [1.29, 1.82) is 0 Å². The molecule has 4 rings (SSSR count). The van der Waals surface area contributed by atoms with Gasteiger partial charge >= 0.3 is 0 Å². The van der Waals surface area contributed by atoms with Crippen molar-refractivity contribution >= 4 is 27.7 Å². The molecule has 1 aromatic heterocycles. The van der Waals surface area contributed by atoms with Crippen molar-refractivity contribution in [1.82, 2.24) is 9.78 Å². The summed E-state index contributed by atoms with van der Waals surface area (Å²) in [6.07, 6.45) is 0. The maximum atomic E-state index is 12.6. The first kappa shape index (κ1) is 20.9. The van der Waals surface area contributed by atoms with Gasteiger partial charge in [-0.2, -0.15) is 5.10 Å². The van der Waals surface area contributed by atoms with E-state index in [2.05, 4.69) is 38.5 Å². The second-order valence-electron chi connectivity index (χ2n) is 7.18. The highest BCUT2D eigenvalue weighted by Crippen LogP contribution is 2.24. The molecule has 6 heteroatoms. The first-order valence-electron chi connectivity index (χ1n) is 9.94. The maximum Gasteiger partial charge on any atom is 0.256 e. The molecule has 156 valence electrons. The molecule has 1 heterocycles. The SMILES string of the molecule is Cc1cc(NC(=O)c2ccc(COc3ccccc3Br)cc2)nn1Cc1ccccc1. The Hall–Kier alpha value is -3.38. The largest absolute Gasteiger partial charge is 0.488 e. The van der Waals surface area contributed by atoms with Crippen molar-refractivity contribution in [2.45, 2.75) is 20.1 Å². The first-order valence-corrected chi connectivity index (χ1v) is 10.7. The zero-order chi connectivity index (χ0) is 21.6. The molecule has 4 aromatic rings. The molecule has 5 nitrogen and oxygen atoms in total. The topological polar surface area (TPSA) is 56.1 Å². The molecule has 0 bridgehead atoms. The third kappa shape index (κ3) is 5.41. The van der Waals surface area contributed by atoms with Crippen LogP contribution in [0.4, 0.5) is 5.82 Å². The smallest absolute Gasteiger partial charge is 0.256 e. The van der Waals surface area contributed by atoms with Gasteiger partial charge in [-0.3, -0.25) is 9.48 Å². The highest BCUT2D eigenvalue weighted by molar-refractivity contribution is 9.10. The Morgan fingerprint density at radius 2 is 1.68 bits per heavy atom. The second-order valence-corrected chi connectivity index (χ2v) is 8.04. The molecule has 3 aromatic carbocycles. The molecule has 0 unspecified atom stereocenters. The Kier molecular flexibility index (Phi) is 6.48. The van der Waals surface area contributed by atoms with Crippen molar-refractivity contribution in [2.75, 3.05) is 5.32 Å². The van der Waals surface area contributed by atoms with Gasteiger partial charge in [-0.05, 0) is 58.2 Å². The van der Waals surface area contributed by atoms with Gasteiger partial charge in [0.15, 0.2) is 5.82 Å². The Morgan fingerprint density at radius 3 is 2.42 bits per heavy atom. The van der Waals surface area contributed by atoms with Gasteiger partial charge in [-0.15, -0.1) is 0 Å². The van der Waals surface area contributed by atoms with E-state index in [9.17, 15) is 4.79 Å². The van der Waals surface area contributed by atoms with Gasteiger partial charge in [-0.25, -0.2) is 0 Å². The number of benzene rings is 3. The van der Waals surface area contributed by atoms with E-state index in [1.54, 1.807) is 12.1 Å². The van der Waals surface area contributed by atoms with Gasteiger partial charge in [0, 0.05) is 17.3 Å². The van der Waals surface area contributed by atoms with Crippen LogP contribution in [-0.2, 0) is 13.2 Å². The fraction of sp³-hybridized carbons (Fsp3) is 0.120. The Bertz CT molecular complexity index is 1170. The average molecular weight is 476 g/mol. The van der Waals surface area contributed by atoms with Crippen molar-refractivity contribution in [3.63, 3.8) is 0 Å². The highest BCUT2D eigenvalue weighted by atomic mass is 79.9. The number of halogens is 1. The summed E-state index contributed by atoms with van der Waals surface area (Å²) in [7, 11) is 0. The number of amides is 1. The number of rotatable bonds is 7. The quantitative estimate of drug-likeness (QED) is 0.365. The van der Waals surface area contributed by atoms with E-state index < -0.39 is 0 Å². The van der Waals surface area contributed by atoms with E-state index >= 15 is 0 Å². The lowest BCUT2D eigenvalue weighted by atomic mass is 10.1. The fourth-order valence-corrected chi connectivity index (χ4v) is 3.55. The number of para-hydroxylation sites is 1. The lowest BCUT2D eigenvalue weighted by molar-refractivity contribution is 0.102. The second kappa shape index (κ2) is 9.62. The van der Waals surface area contributed by atoms with Crippen LogP contribution in [0.3, 0.4) is 0 Å². The van der Waals surface area contributed by atoms with Gasteiger partial charge in [0.1, 0.15) is 12.4 Å². The summed E-state index contributed by atoms with van der Waals surface area (Å²) in [5.41, 5.74) is 3.70. The molecule has 0 aliphatic carbocycles. The number of nitrogens with one attached hydrogen (secondary N) is 1. The number of aromatic nitrogens is 2. The van der Waals surface area contributed by atoms with Crippen LogP contribution < -0.4 is 10.1 Å². The van der Waals surface area contributed by atoms with E-state index in [0.717, 1.165) is 27.0 Å². The molecule has 1 N–H and O–H groups in total. The van der Waals surface area contributed by atoms with Crippen LogP contribution >= 0.6 is 15.9 Å². The van der Waals surface area contributed by atoms with Crippen LogP contribution in [0.15, 0.2) is 89.4 Å². The zero-order valence-corrected chi connectivity index (χ0v) is 18.7. The molecular formula is C25H22BrN3O2. The molecule has 0 atom stereocenters. The zero-order valence-electron chi connectivity index (χ0n) is 17.1. The molecule has 0 fully saturated rings. The van der Waals surface area contributed by atoms with Crippen LogP contribution in [0.2, 0.25) is 0 Å². The maximum absolute atomic E-state index is 12.6. The number of anilines is 1.